The Labute approximate surface area is 133 Å². The van der Waals surface area contributed by atoms with Crippen molar-refractivity contribution in [3.8, 4) is 0 Å². The molecule has 1 amide bonds. The van der Waals surface area contributed by atoms with Gasteiger partial charge in [0.1, 0.15) is 5.82 Å². The summed E-state index contributed by atoms with van der Waals surface area (Å²) >= 11 is 0. The van der Waals surface area contributed by atoms with Crippen molar-refractivity contribution in [1.29, 1.82) is 0 Å². The van der Waals surface area contributed by atoms with Crippen molar-refractivity contribution in [2.75, 3.05) is 4.90 Å². The predicted molar refractivity (Wildman–Crippen MR) is 83.6 cm³/mol. The Hall–Kier alpha value is -2.69. The summed E-state index contributed by atoms with van der Waals surface area (Å²) in [6, 6.07) is 13.2. The Morgan fingerprint density at radius 1 is 1.22 bits per heavy atom. The molecule has 1 heterocycles. The van der Waals surface area contributed by atoms with Gasteiger partial charge in [-0.25, -0.2) is 4.39 Å². The molecule has 4 nitrogen and oxygen atoms in total. The van der Waals surface area contributed by atoms with Gasteiger partial charge >= 0.3 is 5.97 Å². The third-order valence-corrected chi connectivity index (χ3v) is 4.24. The molecule has 23 heavy (non-hydrogen) atoms. The maximum absolute atomic E-state index is 13.4. The van der Waals surface area contributed by atoms with Crippen LogP contribution < -0.4 is 4.90 Å². The second-order valence-corrected chi connectivity index (χ2v) is 5.94. The molecular weight excluding hydrogens is 297 g/mol. The summed E-state index contributed by atoms with van der Waals surface area (Å²) < 4.78 is 13.4. The van der Waals surface area contributed by atoms with E-state index in [1.165, 1.54) is 17.0 Å². The third kappa shape index (κ3) is 2.59. The van der Waals surface area contributed by atoms with Crippen molar-refractivity contribution in [1.82, 2.24) is 0 Å². The van der Waals surface area contributed by atoms with E-state index < -0.39 is 11.4 Å². The smallest absolute Gasteiger partial charge is 0.304 e. The van der Waals surface area contributed by atoms with Gasteiger partial charge in [0.25, 0.3) is 0 Å². The molecule has 1 aliphatic heterocycles. The predicted octanol–water partition coefficient (Wildman–Crippen LogP) is 3.10. The number of para-hydroxylation sites is 1. The molecule has 1 aliphatic rings. The van der Waals surface area contributed by atoms with E-state index in [1.807, 2.05) is 0 Å². The molecule has 3 rings (SSSR count). The third-order valence-electron chi connectivity index (χ3n) is 4.24. The number of benzene rings is 2. The highest BCUT2D eigenvalue weighted by Crippen LogP contribution is 2.44. The van der Waals surface area contributed by atoms with Gasteiger partial charge in [-0.2, -0.15) is 0 Å². The zero-order valence-electron chi connectivity index (χ0n) is 12.6. The van der Waals surface area contributed by atoms with Crippen molar-refractivity contribution >= 4 is 17.6 Å². The van der Waals surface area contributed by atoms with E-state index in [9.17, 15) is 19.1 Å². The lowest BCUT2D eigenvalue weighted by Crippen LogP contribution is -2.39. The van der Waals surface area contributed by atoms with Gasteiger partial charge in [0, 0.05) is 5.69 Å². The average molecular weight is 313 g/mol. The number of halogens is 1. The van der Waals surface area contributed by atoms with E-state index in [1.54, 1.807) is 43.3 Å². The SMILES string of the molecule is C[C@]1(CC(=O)O)C(=O)N(Cc2cccc(F)c2)c2ccccc21. The molecule has 2 aromatic rings. The van der Waals surface area contributed by atoms with Crippen LogP contribution in [0.4, 0.5) is 10.1 Å². The summed E-state index contributed by atoms with van der Waals surface area (Å²) in [7, 11) is 0. The van der Waals surface area contributed by atoms with Gasteiger partial charge in [-0.15, -0.1) is 0 Å². The highest BCUT2D eigenvalue weighted by Gasteiger charge is 2.48. The lowest BCUT2D eigenvalue weighted by Gasteiger charge is -2.23. The van der Waals surface area contributed by atoms with Crippen LogP contribution >= 0.6 is 0 Å². The van der Waals surface area contributed by atoms with Crippen LogP contribution in [0.25, 0.3) is 0 Å². The van der Waals surface area contributed by atoms with Gasteiger partial charge in [0.15, 0.2) is 0 Å². The van der Waals surface area contributed by atoms with Crippen LogP contribution in [0.5, 0.6) is 0 Å². The number of carboxylic acid groups (broad SMARTS) is 1. The van der Waals surface area contributed by atoms with Gasteiger partial charge < -0.3 is 10.0 Å². The van der Waals surface area contributed by atoms with Crippen LogP contribution in [0.15, 0.2) is 48.5 Å². The number of anilines is 1. The fourth-order valence-electron chi connectivity index (χ4n) is 3.15. The molecule has 0 unspecified atom stereocenters. The van der Waals surface area contributed by atoms with Crippen molar-refractivity contribution in [2.24, 2.45) is 0 Å². The Bertz CT molecular complexity index is 789. The van der Waals surface area contributed by atoms with Crippen LogP contribution in [-0.4, -0.2) is 17.0 Å². The Morgan fingerprint density at radius 3 is 2.65 bits per heavy atom. The molecule has 0 radical (unpaired) electrons. The molecule has 0 aliphatic carbocycles. The van der Waals surface area contributed by atoms with Gasteiger partial charge in [0.2, 0.25) is 5.91 Å². The number of fused-ring (bicyclic) bond motifs is 1. The number of rotatable bonds is 4. The number of aliphatic carboxylic acids is 1. The normalized spacial score (nSPS) is 19.7. The molecular formula is C18H16FNO3. The highest BCUT2D eigenvalue weighted by molar-refractivity contribution is 6.09. The zero-order valence-corrected chi connectivity index (χ0v) is 12.6. The zero-order chi connectivity index (χ0) is 16.6. The minimum absolute atomic E-state index is 0.211. The number of carbonyl (C=O) groups excluding carboxylic acids is 1. The molecule has 0 saturated carbocycles. The monoisotopic (exact) mass is 313 g/mol. The fraction of sp³-hybridized carbons (Fsp3) is 0.222. The quantitative estimate of drug-likeness (QED) is 0.943. The molecule has 0 bridgehead atoms. The lowest BCUT2D eigenvalue weighted by atomic mass is 9.81. The summed E-state index contributed by atoms with van der Waals surface area (Å²) in [6.45, 7) is 1.86. The van der Waals surface area contributed by atoms with Crippen LogP contribution in [0.2, 0.25) is 0 Å². The highest BCUT2D eigenvalue weighted by atomic mass is 19.1. The van der Waals surface area contributed by atoms with Crippen LogP contribution in [0, 0.1) is 5.82 Å². The number of carbonyl (C=O) groups is 2. The van der Waals surface area contributed by atoms with E-state index in [0.717, 1.165) is 0 Å². The molecule has 0 saturated heterocycles. The van der Waals surface area contributed by atoms with E-state index in [0.29, 0.717) is 16.8 Å². The average Bonchev–Trinajstić information content (AvgIpc) is 2.69. The summed E-state index contributed by atoms with van der Waals surface area (Å²) in [5.74, 6) is -1.66. The number of hydrogen-bond donors (Lipinski definition) is 1. The minimum Gasteiger partial charge on any atom is -0.481 e. The second kappa shape index (κ2) is 5.50. The van der Waals surface area contributed by atoms with Crippen LogP contribution in [-0.2, 0) is 21.5 Å². The Kier molecular flexibility index (Phi) is 3.64. The first kappa shape index (κ1) is 15.2. The largest absolute Gasteiger partial charge is 0.481 e. The number of carboxylic acids is 1. The lowest BCUT2D eigenvalue weighted by molar-refractivity contribution is -0.141. The van der Waals surface area contributed by atoms with Crippen molar-refractivity contribution in [2.45, 2.75) is 25.3 Å². The van der Waals surface area contributed by atoms with Crippen molar-refractivity contribution < 1.29 is 19.1 Å². The molecule has 1 atom stereocenters. The van der Waals surface area contributed by atoms with Crippen molar-refractivity contribution in [3.05, 3.63) is 65.5 Å². The van der Waals surface area contributed by atoms with Crippen LogP contribution in [0.3, 0.4) is 0 Å². The van der Waals surface area contributed by atoms with Gasteiger partial charge in [-0.3, -0.25) is 9.59 Å². The maximum atomic E-state index is 13.4. The van der Waals surface area contributed by atoms with E-state index in [-0.39, 0.29) is 24.7 Å². The molecule has 0 aromatic heterocycles. The van der Waals surface area contributed by atoms with E-state index >= 15 is 0 Å². The molecule has 118 valence electrons. The summed E-state index contributed by atoms with van der Waals surface area (Å²) in [5.41, 5.74) is 0.942. The molecule has 1 N–H and O–H groups in total. The molecule has 0 fully saturated rings. The summed E-state index contributed by atoms with van der Waals surface area (Å²) in [6.07, 6.45) is -0.275. The summed E-state index contributed by atoms with van der Waals surface area (Å²) in [5, 5.41) is 9.17. The number of amides is 1. The standard InChI is InChI=1S/C18H16FNO3/c1-18(10-16(21)22)14-7-2-3-8-15(14)20(17(18)23)11-12-5-4-6-13(19)9-12/h2-9H,10-11H2,1H3,(H,21,22)/t18-/m1/s1. The molecule has 5 heteroatoms. The maximum Gasteiger partial charge on any atom is 0.304 e. The first-order valence-corrected chi connectivity index (χ1v) is 7.29. The minimum atomic E-state index is -1.10. The number of hydrogen-bond acceptors (Lipinski definition) is 2. The van der Waals surface area contributed by atoms with Crippen LogP contribution in [0.1, 0.15) is 24.5 Å². The molecule has 2 aromatic carbocycles. The van der Waals surface area contributed by atoms with Gasteiger partial charge in [-0.1, -0.05) is 30.3 Å². The fourth-order valence-corrected chi connectivity index (χ4v) is 3.15. The second-order valence-electron chi connectivity index (χ2n) is 5.94. The molecule has 0 spiro atoms. The summed E-state index contributed by atoms with van der Waals surface area (Å²) in [4.78, 5) is 25.6. The van der Waals surface area contributed by atoms with Gasteiger partial charge in [-0.05, 0) is 36.2 Å². The first-order valence-electron chi connectivity index (χ1n) is 7.29. The Balaban J connectivity index is 2.02. The first-order chi connectivity index (χ1) is 10.9. The Morgan fingerprint density at radius 2 is 1.96 bits per heavy atom. The van der Waals surface area contributed by atoms with E-state index in [2.05, 4.69) is 0 Å². The van der Waals surface area contributed by atoms with Gasteiger partial charge in [0.05, 0.1) is 18.4 Å². The van der Waals surface area contributed by atoms with E-state index in [4.69, 9.17) is 0 Å². The van der Waals surface area contributed by atoms with Crippen molar-refractivity contribution in [3.63, 3.8) is 0 Å². The topological polar surface area (TPSA) is 57.6 Å². The number of nitrogens with zero attached hydrogens (tertiary/aromatic N) is 1.